The number of carbonyl (C=O) groups is 1. The van der Waals surface area contributed by atoms with Gasteiger partial charge in [-0.2, -0.15) is 0 Å². The Bertz CT molecular complexity index is 635. The van der Waals surface area contributed by atoms with Crippen LogP contribution in [0.3, 0.4) is 0 Å². The average Bonchev–Trinajstić information content (AvgIpc) is 2.38. The number of carboxylic acid groups (broad SMARTS) is 1. The van der Waals surface area contributed by atoms with Crippen molar-refractivity contribution in [1.82, 2.24) is 0 Å². The van der Waals surface area contributed by atoms with Crippen LogP contribution in [0.5, 0.6) is 5.75 Å². The molecule has 1 N–H and O–H groups in total. The number of hydrogen-bond donors (Lipinski definition) is 1. The summed E-state index contributed by atoms with van der Waals surface area (Å²) in [6.45, 7) is 1.88. The molecule has 2 aromatic rings. The molecule has 19 heavy (non-hydrogen) atoms. The maximum Gasteiger partial charge on any atom is 0.338 e. The van der Waals surface area contributed by atoms with E-state index in [1.807, 2.05) is 13.0 Å². The van der Waals surface area contributed by atoms with Crippen molar-refractivity contribution < 1.29 is 19.0 Å². The molecule has 0 bridgehead atoms. The van der Waals surface area contributed by atoms with Gasteiger partial charge in [0.05, 0.1) is 12.7 Å². The molecule has 0 heterocycles. The van der Waals surface area contributed by atoms with Gasteiger partial charge < -0.3 is 9.84 Å². The van der Waals surface area contributed by atoms with Crippen molar-refractivity contribution in [2.75, 3.05) is 7.11 Å². The molecular formula is C15H13FO3. The third kappa shape index (κ3) is 2.42. The molecule has 0 aromatic heterocycles. The van der Waals surface area contributed by atoms with Gasteiger partial charge in [0, 0.05) is 11.1 Å². The summed E-state index contributed by atoms with van der Waals surface area (Å²) in [6, 6.07) is 9.65. The normalized spacial score (nSPS) is 10.3. The van der Waals surface area contributed by atoms with Gasteiger partial charge >= 0.3 is 5.97 Å². The van der Waals surface area contributed by atoms with Crippen LogP contribution in [0.25, 0.3) is 11.1 Å². The lowest BCUT2D eigenvalue weighted by Crippen LogP contribution is -2.02. The number of hydrogen-bond acceptors (Lipinski definition) is 2. The predicted molar refractivity (Wildman–Crippen MR) is 70.1 cm³/mol. The van der Waals surface area contributed by atoms with Crippen molar-refractivity contribution in [1.29, 1.82) is 0 Å². The molecular weight excluding hydrogens is 247 g/mol. The molecule has 3 nitrogen and oxygen atoms in total. The molecule has 0 amide bonds. The Morgan fingerprint density at radius 2 is 1.95 bits per heavy atom. The molecule has 2 rings (SSSR count). The van der Waals surface area contributed by atoms with E-state index < -0.39 is 11.8 Å². The quantitative estimate of drug-likeness (QED) is 0.918. The zero-order valence-electron chi connectivity index (χ0n) is 10.6. The van der Waals surface area contributed by atoms with Crippen LogP contribution in [-0.2, 0) is 0 Å². The molecule has 4 heteroatoms. The molecule has 0 fully saturated rings. The fraction of sp³-hybridized carbons (Fsp3) is 0.133. The molecule has 0 aliphatic rings. The molecule has 0 aliphatic carbocycles. The number of rotatable bonds is 3. The predicted octanol–water partition coefficient (Wildman–Crippen LogP) is 3.51. The summed E-state index contributed by atoms with van der Waals surface area (Å²) in [7, 11) is 1.49. The molecule has 98 valence electrons. The van der Waals surface area contributed by atoms with Crippen LogP contribution in [-0.4, -0.2) is 18.2 Å². The molecule has 0 atom stereocenters. The number of halogens is 1. The Labute approximate surface area is 110 Å². The molecule has 0 unspecified atom stereocenters. The van der Waals surface area contributed by atoms with Gasteiger partial charge in [-0.25, -0.2) is 9.18 Å². The van der Waals surface area contributed by atoms with E-state index in [0.29, 0.717) is 11.3 Å². The average molecular weight is 260 g/mol. The molecule has 0 aliphatic heterocycles. The SMILES string of the molecule is COc1ccc(C)cc1-c1cccc(C(=O)O)c1F. The number of ether oxygens (including phenoxy) is 1. The fourth-order valence-electron chi connectivity index (χ4n) is 1.94. The Balaban J connectivity index is 2.68. The Morgan fingerprint density at radius 1 is 1.21 bits per heavy atom. The van der Waals surface area contributed by atoms with Gasteiger partial charge in [-0.15, -0.1) is 0 Å². The summed E-state index contributed by atoms with van der Waals surface area (Å²) in [5.41, 5.74) is 1.36. The van der Waals surface area contributed by atoms with Crippen molar-refractivity contribution in [2.24, 2.45) is 0 Å². The third-order valence-electron chi connectivity index (χ3n) is 2.87. The number of benzene rings is 2. The van der Waals surface area contributed by atoms with Crippen molar-refractivity contribution in [3.63, 3.8) is 0 Å². The topological polar surface area (TPSA) is 46.5 Å². The van der Waals surface area contributed by atoms with Crippen LogP contribution in [0.15, 0.2) is 36.4 Å². The van der Waals surface area contributed by atoms with Crippen LogP contribution in [0, 0.1) is 12.7 Å². The maximum atomic E-state index is 14.2. The third-order valence-corrected chi connectivity index (χ3v) is 2.87. The monoisotopic (exact) mass is 260 g/mol. The summed E-state index contributed by atoms with van der Waals surface area (Å²) >= 11 is 0. The Kier molecular flexibility index (Phi) is 3.51. The van der Waals surface area contributed by atoms with E-state index in [4.69, 9.17) is 9.84 Å². The van der Waals surface area contributed by atoms with E-state index in [9.17, 15) is 9.18 Å². The van der Waals surface area contributed by atoms with Crippen molar-refractivity contribution in [2.45, 2.75) is 6.92 Å². The minimum atomic E-state index is -1.29. The standard InChI is InChI=1S/C15H13FO3/c1-9-6-7-13(19-2)12(8-9)10-4-3-5-11(14(10)16)15(17)18/h3-8H,1-2H3,(H,17,18). The van der Waals surface area contributed by atoms with Gasteiger partial charge in [0.1, 0.15) is 11.6 Å². The first kappa shape index (κ1) is 13.1. The molecule has 2 aromatic carbocycles. The second-order valence-corrected chi connectivity index (χ2v) is 4.18. The first-order valence-electron chi connectivity index (χ1n) is 5.71. The minimum absolute atomic E-state index is 0.223. The Morgan fingerprint density at radius 3 is 2.58 bits per heavy atom. The number of carboxylic acids is 1. The number of methoxy groups -OCH3 is 1. The lowest BCUT2D eigenvalue weighted by molar-refractivity contribution is 0.0692. The molecule has 0 spiro atoms. The van der Waals surface area contributed by atoms with Crippen molar-refractivity contribution in [3.8, 4) is 16.9 Å². The second kappa shape index (κ2) is 5.10. The highest BCUT2D eigenvalue weighted by atomic mass is 19.1. The van der Waals surface area contributed by atoms with Crippen LogP contribution >= 0.6 is 0 Å². The van der Waals surface area contributed by atoms with E-state index in [1.54, 1.807) is 18.2 Å². The zero-order valence-corrected chi connectivity index (χ0v) is 10.6. The van der Waals surface area contributed by atoms with Crippen LogP contribution in [0.1, 0.15) is 15.9 Å². The lowest BCUT2D eigenvalue weighted by atomic mass is 9.99. The summed E-state index contributed by atoms with van der Waals surface area (Å²) < 4.78 is 19.4. The highest BCUT2D eigenvalue weighted by molar-refractivity contribution is 5.90. The highest BCUT2D eigenvalue weighted by Crippen LogP contribution is 2.33. The van der Waals surface area contributed by atoms with Crippen molar-refractivity contribution >= 4 is 5.97 Å². The zero-order chi connectivity index (χ0) is 14.0. The summed E-state index contributed by atoms with van der Waals surface area (Å²) in [5, 5.41) is 8.95. The maximum absolute atomic E-state index is 14.2. The summed E-state index contributed by atoms with van der Waals surface area (Å²) in [4.78, 5) is 11.0. The van der Waals surface area contributed by atoms with Gasteiger partial charge in [-0.05, 0) is 25.1 Å². The lowest BCUT2D eigenvalue weighted by Gasteiger charge is -2.11. The van der Waals surface area contributed by atoms with Gasteiger partial charge in [-0.3, -0.25) is 0 Å². The van der Waals surface area contributed by atoms with Gasteiger partial charge in [0.25, 0.3) is 0 Å². The van der Waals surface area contributed by atoms with Crippen molar-refractivity contribution in [3.05, 3.63) is 53.3 Å². The first-order chi connectivity index (χ1) is 9.04. The van der Waals surface area contributed by atoms with Gasteiger partial charge in [-0.1, -0.05) is 23.8 Å². The van der Waals surface area contributed by atoms with Crippen LogP contribution in [0.4, 0.5) is 4.39 Å². The van der Waals surface area contributed by atoms with Gasteiger partial charge in [0.15, 0.2) is 0 Å². The minimum Gasteiger partial charge on any atom is -0.496 e. The van der Waals surface area contributed by atoms with E-state index >= 15 is 0 Å². The molecule has 0 saturated carbocycles. The highest BCUT2D eigenvalue weighted by Gasteiger charge is 2.17. The van der Waals surface area contributed by atoms with Crippen LogP contribution in [0.2, 0.25) is 0 Å². The number of aryl methyl sites for hydroxylation is 1. The van der Waals surface area contributed by atoms with Gasteiger partial charge in [0.2, 0.25) is 0 Å². The number of aromatic carboxylic acids is 1. The van der Waals surface area contributed by atoms with E-state index in [2.05, 4.69) is 0 Å². The summed E-state index contributed by atoms with van der Waals surface area (Å²) in [6.07, 6.45) is 0. The second-order valence-electron chi connectivity index (χ2n) is 4.18. The first-order valence-corrected chi connectivity index (χ1v) is 5.71. The van der Waals surface area contributed by atoms with Crippen LogP contribution < -0.4 is 4.74 Å². The smallest absolute Gasteiger partial charge is 0.338 e. The largest absolute Gasteiger partial charge is 0.496 e. The molecule has 0 radical (unpaired) electrons. The summed E-state index contributed by atoms with van der Waals surface area (Å²) in [5.74, 6) is -1.53. The fourth-order valence-corrected chi connectivity index (χ4v) is 1.94. The molecule has 0 saturated heterocycles. The van der Waals surface area contributed by atoms with E-state index in [0.717, 1.165) is 5.56 Å². The van der Waals surface area contributed by atoms with E-state index in [1.165, 1.54) is 19.2 Å². The van der Waals surface area contributed by atoms with E-state index in [-0.39, 0.29) is 11.1 Å². The Hall–Kier alpha value is -2.36.